The lowest BCUT2D eigenvalue weighted by Gasteiger charge is -2.38. The van der Waals surface area contributed by atoms with Crippen LogP contribution >= 0.6 is 11.6 Å². The Labute approximate surface area is 268 Å². The summed E-state index contributed by atoms with van der Waals surface area (Å²) >= 11 is 6.34. The summed E-state index contributed by atoms with van der Waals surface area (Å²) in [7, 11) is 0. The van der Waals surface area contributed by atoms with E-state index in [1.54, 1.807) is 0 Å². The number of halogens is 1. The summed E-state index contributed by atoms with van der Waals surface area (Å²) < 4.78 is 5.88. The molecule has 2 heterocycles. The van der Waals surface area contributed by atoms with Gasteiger partial charge in [0.15, 0.2) is 0 Å². The molecular weight excluding hydrogens is 572 g/mol. The zero-order valence-electron chi connectivity index (χ0n) is 26.7. The largest absolute Gasteiger partial charge is 0.493 e. The molecule has 0 radical (unpaired) electrons. The van der Waals surface area contributed by atoms with E-state index >= 15 is 0 Å². The third-order valence-electron chi connectivity index (χ3n) is 8.05. The fourth-order valence-electron chi connectivity index (χ4n) is 5.56. The van der Waals surface area contributed by atoms with Gasteiger partial charge in [-0.1, -0.05) is 94.3 Å². The number of hydrogen-bond acceptors (Lipinski definition) is 4. The lowest BCUT2D eigenvalue weighted by atomic mass is 9.91. The number of nitrogens with one attached hydrogen (secondary N) is 1. The molecule has 44 heavy (non-hydrogen) atoms. The van der Waals surface area contributed by atoms with Crippen molar-refractivity contribution in [2.75, 3.05) is 18.1 Å². The van der Waals surface area contributed by atoms with Gasteiger partial charge in [0.2, 0.25) is 0 Å². The van der Waals surface area contributed by atoms with Crippen molar-refractivity contribution >= 4 is 34.7 Å². The van der Waals surface area contributed by atoms with Crippen LogP contribution in [-0.4, -0.2) is 40.9 Å². The summed E-state index contributed by atoms with van der Waals surface area (Å²) in [5.74, 6) is 0.827. The van der Waals surface area contributed by atoms with Gasteiger partial charge in [-0.3, -0.25) is 4.79 Å². The highest BCUT2D eigenvalue weighted by Crippen LogP contribution is 2.41. The Balaban J connectivity index is 0.000000461. The Hall–Kier alpha value is -3.48. The molecule has 7 heteroatoms. The number of anilines is 1. The molecule has 0 spiro atoms. The van der Waals surface area contributed by atoms with Gasteiger partial charge in [0, 0.05) is 40.3 Å². The van der Waals surface area contributed by atoms with Gasteiger partial charge in [-0.25, -0.2) is 0 Å². The number of hydrogen-bond donors (Lipinski definition) is 3. The van der Waals surface area contributed by atoms with E-state index in [1.165, 1.54) is 65.6 Å². The molecule has 3 N–H and O–H groups in total. The van der Waals surface area contributed by atoms with Crippen molar-refractivity contribution in [3.63, 3.8) is 0 Å². The van der Waals surface area contributed by atoms with Gasteiger partial charge in [-0.15, -0.1) is 0 Å². The molecule has 0 bridgehead atoms. The molecule has 0 aliphatic carbocycles. The summed E-state index contributed by atoms with van der Waals surface area (Å²) in [6.07, 6.45) is 9.05. The van der Waals surface area contributed by atoms with E-state index in [2.05, 4.69) is 79.2 Å². The molecule has 0 amide bonds. The fraction of sp³-hybridized carbons (Fsp3) is 0.432. The molecule has 0 saturated heterocycles. The Bertz CT molecular complexity index is 1400. The molecule has 6 nitrogen and oxygen atoms in total. The average Bonchev–Trinajstić information content (AvgIpc) is 3.40. The number of aryl methyl sites for hydroxylation is 1. The number of benzene rings is 3. The minimum atomic E-state index is -0.307. The molecule has 0 fully saturated rings. The maximum Gasteiger partial charge on any atom is 0.290 e. The fourth-order valence-corrected chi connectivity index (χ4v) is 5.73. The van der Waals surface area contributed by atoms with E-state index in [9.17, 15) is 5.11 Å². The Morgan fingerprint density at radius 1 is 1.00 bits per heavy atom. The van der Waals surface area contributed by atoms with Gasteiger partial charge >= 0.3 is 0 Å². The van der Waals surface area contributed by atoms with Crippen molar-refractivity contribution in [1.29, 1.82) is 0 Å². The minimum absolute atomic E-state index is 0.0635. The van der Waals surface area contributed by atoms with Crippen LogP contribution in [0.1, 0.15) is 94.1 Å². The van der Waals surface area contributed by atoms with Gasteiger partial charge in [0.25, 0.3) is 6.47 Å². The molecule has 4 aromatic rings. The number of unbranched alkanes of at least 4 members (excludes halogenated alkanes) is 4. The van der Waals surface area contributed by atoms with E-state index in [0.29, 0.717) is 13.0 Å². The number of aromatic nitrogens is 1. The van der Waals surface area contributed by atoms with E-state index in [-0.39, 0.29) is 18.6 Å². The standard InChI is InChI=1S/C29H31ClN2O2.C7H16.CH2O2/c1-3-23(33)15-17-34-24-11-6-20(7-12-24)29-28-25(26-18-21(30)8-13-27(26)31-28)14-16-32(29)22-9-4-19(2)5-10-22;1-3-5-7-6-4-2;2-1-3/h4-13,18,23,29,31,33H,3,14-17H2,1-2H3;3-7H2,1-2H3;1H,(H,2,3). The molecule has 2 unspecified atom stereocenters. The average molecular weight is 621 g/mol. The third kappa shape index (κ3) is 9.76. The summed E-state index contributed by atoms with van der Waals surface area (Å²) in [6, 6.07) is 23.3. The van der Waals surface area contributed by atoms with E-state index < -0.39 is 0 Å². The first-order valence-corrected chi connectivity index (χ1v) is 16.4. The van der Waals surface area contributed by atoms with Crippen molar-refractivity contribution in [1.82, 2.24) is 4.98 Å². The van der Waals surface area contributed by atoms with Crippen LogP contribution in [0, 0.1) is 6.92 Å². The molecule has 2 atom stereocenters. The van der Waals surface area contributed by atoms with Gasteiger partial charge in [0.05, 0.1) is 18.8 Å². The highest BCUT2D eigenvalue weighted by atomic mass is 35.5. The van der Waals surface area contributed by atoms with Crippen LogP contribution in [0.25, 0.3) is 10.9 Å². The molecule has 5 rings (SSSR count). The quantitative estimate of drug-likeness (QED) is 0.115. The molecular formula is C37H49ClN2O4. The number of aliphatic hydroxyl groups excluding tert-OH is 1. The molecule has 1 aromatic heterocycles. The van der Waals surface area contributed by atoms with Crippen molar-refractivity contribution < 1.29 is 19.7 Å². The number of aromatic amines is 1. The second kappa shape index (κ2) is 18.4. The van der Waals surface area contributed by atoms with Crippen LogP contribution in [0.15, 0.2) is 66.7 Å². The Morgan fingerprint density at radius 3 is 2.27 bits per heavy atom. The first-order chi connectivity index (χ1) is 21.4. The summed E-state index contributed by atoms with van der Waals surface area (Å²) in [5.41, 5.74) is 7.38. The monoisotopic (exact) mass is 620 g/mol. The molecule has 1 aliphatic rings. The Kier molecular flexibility index (Phi) is 14.6. The zero-order chi connectivity index (χ0) is 31.9. The highest BCUT2D eigenvalue weighted by molar-refractivity contribution is 6.31. The normalized spacial score (nSPS) is 14.5. The topological polar surface area (TPSA) is 85.8 Å². The Morgan fingerprint density at radius 2 is 1.66 bits per heavy atom. The van der Waals surface area contributed by atoms with Crippen molar-refractivity contribution in [2.45, 2.75) is 91.2 Å². The second-order valence-corrected chi connectivity index (χ2v) is 11.8. The summed E-state index contributed by atoms with van der Waals surface area (Å²) in [6.45, 7) is 9.78. The number of carbonyl (C=O) groups is 1. The van der Waals surface area contributed by atoms with Crippen molar-refractivity contribution in [2.24, 2.45) is 0 Å². The molecule has 0 saturated carbocycles. The van der Waals surface area contributed by atoms with Gasteiger partial charge < -0.3 is 24.8 Å². The van der Waals surface area contributed by atoms with Crippen molar-refractivity contribution in [3.8, 4) is 5.75 Å². The summed E-state index contributed by atoms with van der Waals surface area (Å²) in [4.78, 5) is 14.6. The van der Waals surface area contributed by atoms with Gasteiger partial charge in [-0.2, -0.15) is 0 Å². The van der Waals surface area contributed by atoms with E-state index in [4.69, 9.17) is 26.2 Å². The number of rotatable bonds is 11. The number of ether oxygens (including phenoxy) is 1. The number of carboxylic acid groups (broad SMARTS) is 1. The van der Waals surface area contributed by atoms with Crippen LogP contribution in [-0.2, 0) is 11.2 Å². The smallest absolute Gasteiger partial charge is 0.290 e. The van der Waals surface area contributed by atoms with Crippen LogP contribution in [0.5, 0.6) is 5.75 Å². The second-order valence-electron chi connectivity index (χ2n) is 11.3. The van der Waals surface area contributed by atoms with Crippen molar-refractivity contribution in [3.05, 3.63) is 94.1 Å². The number of aliphatic hydroxyl groups is 1. The van der Waals surface area contributed by atoms with Crippen LogP contribution in [0.4, 0.5) is 5.69 Å². The molecule has 238 valence electrons. The van der Waals surface area contributed by atoms with E-state index in [0.717, 1.165) is 35.7 Å². The van der Waals surface area contributed by atoms with Gasteiger partial charge in [-0.05, 0) is 73.4 Å². The van der Waals surface area contributed by atoms with Gasteiger partial charge in [0.1, 0.15) is 5.75 Å². The predicted octanol–water partition coefficient (Wildman–Crippen LogP) is 9.50. The van der Waals surface area contributed by atoms with E-state index in [1.807, 2.05) is 25.1 Å². The first kappa shape index (κ1) is 35.0. The number of H-pyrrole nitrogens is 1. The first-order valence-electron chi connectivity index (χ1n) is 16.0. The number of nitrogens with zero attached hydrogens (tertiary/aromatic N) is 1. The van der Waals surface area contributed by atoms with Crippen LogP contribution < -0.4 is 9.64 Å². The number of fused-ring (bicyclic) bond motifs is 3. The van der Waals surface area contributed by atoms with Crippen LogP contribution in [0.2, 0.25) is 5.02 Å². The minimum Gasteiger partial charge on any atom is -0.493 e. The maximum atomic E-state index is 9.78. The van der Waals surface area contributed by atoms with Crippen LogP contribution in [0.3, 0.4) is 0 Å². The molecule has 3 aromatic carbocycles. The third-order valence-corrected chi connectivity index (χ3v) is 8.28. The highest BCUT2D eigenvalue weighted by Gasteiger charge is 2.32. The summed E-state index contributed by atoms with van der Waals surface area (Å²) in [5, 5.41) is 18.6. The lowest BCUT2D eigenvalue weighted by Crippen LogP contribution is -2.36. The zero-order valence-corrected chi connectivity index (χ0v) is 27.4. The predicted molar refractivity (Wildman–Crippen MR) is 183 cm³/mol. The SMILES string of the molecule is CCC(O)CCOc1ccc(C2c3[nH]c4ccc(Cl)cc4c3CCN2c2ccc(C)cc2)cc1.CCCCCCC.O=CO. The maximum absolute atomic E-state index is 9.78. The molecule has 1 aliphatic heterocycles. The lowest BCUT2D eigenvalue weighted by molar-refractivity contribution is -0.122.